The highest BCUT2D eigenvalue weighted by Crippen LogP contribution is 2.40. The molecular formula is C25H22O5. The van der Waals surface area contributed by atoms with Crippen LogP contribution in [-0.2, 0) is 19.9 Å². The van der Waals surface area contributed by atoms with Crippen LogP contribution in [0.5, 0.6) is 0 Å². The number of rotatable bonds is 6. The van der Waals surface area contributed by atoms with Crippen molar-refractivity contribution in [3.63, 3.8) is 0 Å². The third-order valence-corrected chi connectivity index (χ3v) is 5.19. The molecule has 0 aromatic heterocycles. The predicted octanol–water partition coefficient (Wildman–Crippen LogP) is 3.72. The lowest BCUT2D eigenvalue weighted by Gasteiger charge is -2.37. The van der Waals surface area contributed by atoms with Crippen LogP contribution >= 0.6 is 0 Å². The Hall–Kier alpha value is -3.41. The van der Waals surface area contributed by atoms with E-state index in [0.717, 1.165) is 22.8 Å². The van der Waals surface area contributed by atoms with E-state index in [1.807, 2.05) is 91.0 Å². The summed E-state index contributed by atoms with van der Waals surface area (Å²) in [5.41, 5.74) is 1.66. The van der Waals surface area contributed by atoms with E-state index in [1.54, 1.807) is 0 Å². The van der Waals surface area contributed by atoms with Crippen molar-refractivity contribution in [1.29, 1.82) is 0 Å². The van der Waals surface area contributed by atoms with Crippen LogP contribution in [0, 0.1) is 0 Å². The molecule has 1 heterocycles. The van der Waals surface area contributed by atoms with Crippen molar-refractivity contribution in [2.45, 2.75) is 17.8 Å². The van der Waals surface area contributed by atoms with Gasteiger partial charge in [-0.1, -0.05) is 91.0 Å². The lowest BCUT2D eigenvalue weighted by Crippen LogP contribution is -2.43. The van der Waals surface area contributed by atoms with E-state index in [0.29, 0.717) is 0 Å². The molecule has 0 fully saturated rings. The quantitative estimate of drug-likeness (QED) is 0.485. The monoisotopic (exact) mass is 402 g/mol. The predicted molar refractivity (Wildman–Crippen MR) is 112 cm³/mol. The number of esters is 1. The summed E-state index contributed by atoms with van der Waals surface area (Å²) in [6.45, 7) is -0.122. The van der Waals surface area contributed by atoms with Gasteiger partial charge in [0.05, 0.1) is 12.7 Å². The molecule has 0 unspecified atom stereocenters. The maximum Gasteiger partial charge on any atom is 0.334 e. The normalized spacial score (nSPS) is 19.1. The molecule has 30 heavy (non-hydrogen) atoms. The van der Waals surface area contributed by atoms with Crippen molar-refractivity contribution in [3.8, 4) is 0 Å². The van der Waals surface area contributed by atoms with E-state index < -0.39 is 29.5 Å². The highest BCUT2D eigenvalue weighted by Gasteiger charge is 2.40. The summed E-state index contributed by atoms with van der Waals surface area (Å²) in [7, 11) is 0. The van der Waals surface area contributed by atoms with Gasteiger partial charge in [0, 0.05) is 0 Å². The van der Waals surface area contributed by atoms with Crippen LogP contribution in [0.1, 0.15) is 16.7 Å². The van der Waals surface area contributed by atoms with Crippen LogP contribution in [0.3, 0.4) is 0 Å². The van der Waals surface area contributed by atoms with E-state index in [4.69, 9.17) is 9.47 Å². The average Bonchev–Trinajstić information content (AvgIpc) is 2.79. The van der Waals surface area contributed by atoms with E-state index in [1.165, 1.54) is 0 Å². The van der Waals surface area contributed by atoms with Gasteiger partial charge in [-0.25, -0.2) is 4.79 Å². The first-order valence-electron chi connectivity index (χ1n) is 9.71. The standard InChI is InChI=1S/C25H22O5/c26-21-16-23(27)30-22(24(21)28)17-29-25(18-10-4-1-5-11-18,19-12-6-2-7-13-19)20-14-8-3-9-15-20/h1-16,22,24,26,28H,17H2/t22-,24-/m0/s1. The molecule has 0 aliphatic carbocycles. The first-order chi connectivity index (χ1) is 14.6. The molecule has 5 heteroatoms. The number of carbonyl (C=O) groups excluding carboxylic acids is 1. The molecule has 0 amide bonds. The smallest absolute Gasteiger partial charge is 0.334 e. The highest BCUT2D eigenvalue weighted by atomic mass is 16.6. The number of aliphatic hydroxyl groups excluding tert-OH is 2. The number of cyclic esters (lactones) is 1. The van der Waals surface area contributed by atoms with E-state index in [2.05, 4.69) is 0 Å². The van der Waals surface area contributed by atoms with E-state index in [9.17, 15) is 15.0 Å². The second kappa shape index (κ2) is 8.53. The van der Waals surface area contributed by atoms with Crippen LogP contribution in [-0.4, -0.2) is 35.0 Å². The second-order valence-electron chi connectivity index (χ2n) is 7.08. The molecule has 0 spiro atoms. The van der Waals surface area contributed by atoms with Crippen molar-refractivity contribution >= 4 is 5.97 Å². The number of hydrogen-bond donors (Lipinski definition) is 2. The second-order valence-corrected chi connectivity index (χ2v) is 7.08. The van der Waals surface area contributed by atoms with Gasteiger partial charge in [0.1, 0.15) is 11.4 Å². The molecule has 0 radical (unpaired) electrons. The lowest BCUT2D eigenvalue weighted by atomic mass is 9.80. The van der Waals surface area contributed by atoms with Crippen LogP contribution in [0.2, 0.25) is 0 Å². The molecule has 0 saturated carbocycles. The van der Waals surface area contributed by atoms with Crippen molar-refractivity contribution in [2.75, 3.05) is 6.61 Å². The number of carbonyl (C=O) groups is 1. The van der Waals surface area contributed by atoms with Gasteiger partial charge in [-0.3, -0.25) is 0 Å². The highest BCUT2D eigenvalue weighted by molar-refractivity contribution is 5.83. The fourth-order valence-corrected chi connectivity index (χ4v) is 3.75. The van der Waals surface area contributed by atoms with E-state index >= 15 is 0 Å². The van der Waals surface area contributed by atoms with Crippen LogP contribution in [0.4, 0.5) is 0 Å². The Labute approximate surface area is 174 Å². The molecule has 1 aliphatic heterocycles. The van der Waals surface area contributed by atoms with Crippen LogP contribution in [0.25, 0.3) is 0 Å². The molecule has 2 N–H and O–H groups in total. The van der Waals surface area contributed by atoms with Gasteiger partial charge in [-0.2, -0.15) is 0 Å². The van der Waals surface area contributed by atoms with E-state index in [-0.39, 0.29) is 6.61 Å². The first-order valence-corrected chi connectivity index (χ1v) is 9.71. The van der Waals surface area contributed by atoms with Gasteiger partial charge < -0.3 is 19.7 Å². The van der Waals surface area contributed by atoms with Crippen LogP contribution < -0.4 is 0 Å². The fraction of sp³-hybridized carbons (Fsp3) is 0.160. The Morgan fingerprint density at radius 3 is 1.67 bits per heavy atom. The van der Waals surface area contributed by atoms with Gasteiger partial charge in [0.25, 0.3) is 0 Å². The van der Waals surface area contributed by atoms with Gasteiger partial charge in [-0.05, 0) is 16.7 Å². The molecular weight excluding hydrogens is 380 g/mol. The summed E-state index contributed by atoms with van der Waals surface area (Å²) < 4.78 is 11.7. The maximum atomic E-state index is 11.7. The minimum absolute atomic E-state index is 0.122. The fourth-order valence-electron chi connectivity index (χ4n) is 3.75. The summed E-state index contributed by atoms with van der Waals surface area (Å²) in [4.78, 5) is 11.7. The topological polar surface area (TPSA) is 76.0 Å². The molecule has 4 rings (SSSR count). The number of hydrogen-bond acceptors (Lipinski definition) is 5. The molecule has 5 nitrogen and oxygen atoms in total. The van der Waals surface area contributed by atoms with Crippen molar-refractivity contribution in [3.05, 3.63) is 120 Å². The Kier molecular flexibility index (Phi) is 5.65. The minimum atomic E-state index is -1.34. The molecule has 3 aromatic carbocycles. The van der Waals surface area contributed by atoms with Gasteiger partial charge in [-0.15, -0.1) is 0 Å². The third kappa shape index (κ3) is 3.73. The Morgan fingerprint density at radius 2 is 1.23 bits per heavy atom. The van der Waals surface area contributed by atoms with Crippen LogP contribution in [0.15, 0.2) is 103 Å². The summed E-state index contributed by atoms with van der Waals surface area (Å²) in [6, 6.07) is 29.2. The Balaban J connectivity index is 1.81. The molecule has 3 aromatic rings. The Morgan fingerprint density at radius 1 is 0.800 bits per heavy atom. The van der Waals surface area contributed by atoms with Gasteiger partial charge in [0.2, 0.25) is 0 Å². The molecule has 2 atom stereocenters. The summed E-state index contributed by atoms with van der Waals surface area (Å²) in [5.74, 6) is -1.14. The lowest BCUT2D eigenvalue weighted by molar-refractivity contribution is -0.161. The van der Waals surface area contributed by atoms with Gasteiger partial charge in [0.15, 0.2) is 12.2 Å². The zero-order valence-electron chi connectivity index (χ0n) is 16.2. The third-order valence-electron chi connectivity index (χ3n) is 5.19. The average molecular weight is 402 g/mol. The number of ether oxygens (including phenoxy) is 2. The molecule has 1 aliphatic rings. The molecule has 0 bridgehead atoms. The zero-order chi connectivity index (χ0) is 21.0. The largest absolute Gasteiger partial charge is 0.509 e. The van der Waals surface area contributed by atoms with Crippen molar-refractivity contribution in [1.82, 2.24) is 0 Å². The SMILES string of the molecule is O=C1C=C(O)[C@H](O)[C@H](COC(c2ccccc2)(c2ccccc2)c2ccccc2)O1. The van der Waals surface area contributed by atoms with Crippen molar-refractivity contribution < 1.29 is 24.5 Å². The molecule has 152 valence electrons. The summed E-state index contributed by atoms with van der Waals surface area (Å²) in [5, 5.41) is 20.1. The molecule has 0 saturated heterocycles. The Bertz CT molecular complexity index is 919. The van der Waals surface area contributed by atoms with Gasteiger partial charge >= 0.3 is 5.97 Å². The number of aliphatic hydroxyl groups is 2. The maximum absolute atomic E-state index is 11.7. The minimum Gasteiger partial charge on any atom is -0.509 e. The summed E-state index contributed by atoms with van der Waals surface area (Å²) in [6.07, 6.45) is -1.50. The first kappa shape index (κ1) is 19.9. The summed E-state index contributed by atoms with van der Waals surface area (Å²) >= 11 is 0. The zero-order valence-corrected chi connectivity index (χ0v) is 16.2. The van der Waals surface area contributed by atoms with Crippen molar-refractivity contribution in [2.24, 2.45) is 0 Å². The number of benzene rings is 3.